The van der Waals surface area contributed by atoms with Crippen molar-refractivity contribution in [3.8, 4) is 0 Å². The Balaban J connectivity index is 1.50. The van der Waals surface area contributed by atoms with E-state index in [9.17, 15) is 18.8 Å². The van der Waals surface area contributed by atoms with Crippen molar-refractivity contribution >= 4 is 23.4 Å². The third kappa shape index (κ3) is 5.39. The van der Waals surface area contributed by atoms with Crippen molar-refractivity contribution in [2.24, 2.45) is 0 Å². The average molecular weight is 521 g/mol. The van der Waals surface area contributed by atoms with Crippen molar-refractivity contribution in [1.82, 2.24) is 25.1 Å². The molecule has 3 amide bonds. The SMILES string of the molecule is CCCN1C(=O)c2c(C(=O)NCc3ccc(N(C)C)cc3)ncn2C[C@]1(C)C(=O)NCc1ccc(F)cc1. The molecule has 0 radical (unpaired) electrons. The molecule has 0 bridgehead atoms. The van der Waals surface area contributed by atoms with E-state index in [0.717, 1.165) is 16.8 Å². The molecule has 0 saturated carbocycles. The zero-order valence-corrected chi connectivity index (χ0v) is 22.1. The minimum atomic E-state index is -1.19. The fraction of sp³-hybridized carbons (Fsp3) is 0.357. The highest BCUT2D eigenvalue weighted by molar-refractivity contribution is 6.07. The third-order valence-electron chi connectivity index (χ3n) is 6.78. The van der Waals surface area contributed by atoms with Gasteiger partial charge in [0, 0.05) is 39.4 Å². The number of amides is 3. The second kappa shape index (κ2) is 11.0. The monoisotopic (exact) mass is 520 g/mol. The van der Waals surface area contributed by atoms with Crippen LogP contribution in [0.2, 0.25) is 0 Å². The largest absolute Gasteiger partial charge is 0.378 e. The van der Waals surface area contributed by atoms with Crippen molar-refractivity contribution < 1.29 is 18.8 Å². The zero-order chi connectivity index (χ0) is 27.4. The molecule has 1 atom stereocenters. The van der Waals surface area contributed by atoms with Gasteiger partial charge in [-0.1, -0.05) is 31.2 Å². The molecule has 0 fully saturated rings. The lowest BCUT2D eigenvalue weighted by Crippen LogP contribution is -2.64. The molecule has 0 saturated heterocycles. The summed E-state index contributed by atoms with van der Waals surface area (Å²) in [5, 5.41) is 5.72. The Hall–Kier alpha value is -4.21. The third-order valence-corrected chi connectivity index (χ3v) is 6.78. The lowest BCUT2D eigenvalue weighted by Gasteiger charge is -2.43. The second-order valence-corrected chi connectivity index (χ2v) is 9.85. The standard InChI is InChI=1S/C28H33FN6O3/c1-5-14-35-26(37)24-23(25(36)30-15-20-8-12-22(13-9-20)33(3)4)32-18-34(24)17-28(35,2)27(38)31-16-19-6-10-21(29)11-7-19/h6-13,18H,5,14-17H2,1-4H3,(H,30,36)(H,31,38)/t28-/m1/s1. The number of carbonyl (C=O) groups excluding carboxylic acids is 3. The highest BCUT2D eigenvalue weighted by Crippen LogP contribution is 2.29. The maximum Gasteiger partial charge on any atom is 0.273 e. The number of anilines is 1. The van der Waals surface area contributed by atoms with Gasteiger partial charge in [-0.15, -0.1) is 0 Å². The number of imidazole rings is 1. The molecule has 2 heterocycles. The predicted octanol–water partition coefficient (Wildman–Crippen LogP) is 2.96. The van der Waals surface area contributed by atoms with E-state index in [1.807, 2.05) is 50.2 Å². The lowest BCUT2D eigenvalue weighted by molar-refractivity contribution is -0.133. The van der Waals surface area contributed by atoms with Crippen LogP contribution < -0.4 is 15.5 Å². The van der Waals surface area contributed by atoms with Gasteiger partial charge in [0.1, 0.15) is 17.1 Å². The summed E-state index contributed by atoms with van der Waals surface area (Å²) in [5.74, 6) is -1.57. The molecule has 2 N–H and O–H groups in total. The molecular formula is C28H33FN6O3. The molecule has 38 heavy (non-hydrogen) atoms. The Morgan fingerprint density at radius 3 is 2.24 bits per heavy atom. The fourth-order valence-corrected chi connectivity index (χ4v) is 4.58. The van der Waals surface area contributed by atoms with Gasteiger partial charge in [-0.25, -0.2) is 9.37 Å². The summed E-state index contributed by atoms with van der Waals surface area (Å²) < 4.78 is 14.8. The Morgan fingerprint density at radius 2 is 1.63 bits per heavy atom. The van der Waals surface area contributed by atoms with E-state index >= 15 is 0 Å². The quantitative estimate of drug-likeness (QED) is 0.452. The number of nitrogens with zero attached hydrogens (tertiary/aromatic N) is 4. The molecule has 10 heteroatoms. The highest BCUT2D eigenvalue weighted by Gasteiger charge is 2.48. The maximum absolute atomic E-state index is 13.7. The predicted molar refractivity (Wildman–Crippen MR) is 142 cm³/mol. The van der Waals surface area contributed by atoms with Crippen LogP contribution in [0, 0.1) is 5.82 Å². The summed E-state index contributed by atoms with van der Waals surface area (Å²) in [5.41, 5.74) is 1.72. The maximum atomic E-state index is 13.7. The van der Waals surface area contributed by atoms with Gasteiger partial charge < -0.3 is 25.0 Å². The first-order valence-electron chi connectivity index (χ1n) is 12.6. The Morgan fingerprint density at radius 1 is 1.03 bits per heavy atom. The van der Waals surface area contributed by atoms with Crippen molar-refractivity contribution in [2.45, 2.75) is 45.4 Å². The van der Waals surface area contributed by atoms with Gasteiger partial charge in [0.2, 0.25) is 5.91 Å². The number of carbonyl (C=O) groups is 3. The van der Waals surface area contributed by atoms with E-state index in [4.69, 9.17) is 0 Å². The van der Waals surface area contributed by atoms with Crippen LogP contribution in [0.3, 0.4) is 0 Å². The summed E-state index contributed by atoms with van der Waals surface area (Å²) in [7, 11) is 3.91. The van der Waals surface area contributed by atoms with E-state index in [1.165, 1.54) is 23.4 Å². The molecule has 4 rings (SSSR count). The molecule has 1 aromatic heterocycles. The molecule has 2 aromatic carbocycles. The Bertz CT molecular complexity index is 1320. The van der Waals surface area contributed by atoms with Gasteiger partial charge in [0.15, 0.2) is 5.69 Å². The molecule has 1 aliphatic heterocycles. The number of rotatable bonds is 9. The number of hydrogen-bond acceptors (Lipinski definition) is 5. The number of halogens is 1. The smallest absolute Gasteiger partial charge is 0.273 e. The summed E-state index contributed by atoms with van der Waals surface area (Å²) in [4.78, 5) is 47.8. The molecule has 0 aliphatic carbocycles. The molecule has 0 unspecified atom stereocenters. The average Bonchev–Trinajstić information content (AvgIpc) is 3.33. The lowest BCUT2D eigenvalue weighted by atomic mass is 9.94. The van der Waals surface area contributed by atoms with Gasteiger partial charge in [0.25, 0.3) is 11.8 Å². The molecule has 3 aromatic rings. The number of hydrogen-bond donors (Lipinski definition) is 2. The molecule has 9 nitrogen and oxygen atoms in total. The Kier molecular flexibility index (Phi) is 7.80. The van der Waals surface area contributed by atoms with Crippen molar-refractivity contribution in [2.75, 3.05) is 25.5 Å². The van der Waals surface area contributed by atoms with Crippen LogP contribution in [0.25, 0.3) is 0 Å². The van der Waals surface area contributed by atoms with E-state index in [2.05, 4.69) is 15.6 Å². The first-order valence-corrected chi connectivity index (χ1v) is 12.6. The van der Waals surface area contributed by atoms with Gasteiger partial charge in [-0.2, -0.15) is 0 Å². The van der Waals surface area contributed by atoms with E-state index in [1.54, 1.807) is 23.6 Å². The normalized spacial score (nSPS) is 16.7. The van der Waals surface area contributed by atoms with Crippen LogP contribution in [-0.4, -0.2) is 58.4 Å². The molecule has 1 aliphatic rings. The van der Waals surface area contributed by atoms with Crippen LogP contribution in [-0.2, 0) is 24.4 Å². The first kappa shape index (κ1) is 26.8. The van der Waals surface area contributed by atoms with Gasteiger partial charge >= 0.3 is 0 Å². The van der Waals surface area contributed by atoms with E-state index < -0.39 is 17.4 Å². The zero-order valence-electron chi connectivity index (χ0n) is 22.1. The number of benzene rings is 2. The van der Waals surface area contributed by atoms with Crippen LogP contribution in [0.1, 0.15) is 52.4 Å². The van der Waals surface area contributed by atoms with Crippen molar-refractivity contribution in [3.05, 3.63) is 83.2 Å². The topological polar surface area (TPSA) is 99.6 Å². The molecule has 0 spiro atoms. The van der Waals surface area contributed by atoms with Gasteiger partial charge in [-0.05, 0) is 48.7 Å². The van der Waals surface area contributed by atoms with Gasteiger partial charge in [-0.3, -0.25) is 14.4 Å². The minimum absolute atomic E-state index is 0.0368. The molecule has 200 valence electrons. The fourth-order valence-electron chi connectivity index (χ4n) is 4.58. The van der Waals surface area contributed by atoms with E-state index in [-0.39, 0.29) is 42.7 Å². The minimum Gasteiger partial charge on any atom is -0.378 e. The van der Waals surface area contributed by atoms with Crippen LogP contribution in [0.5, 0.6) is 0 Å². The number of aromatic nitrogens is 2. The Labute approximate surface area is 221 Å². The number of fused-ring (bicyclic) bond motifs is 1. The number of nitrogens with one attached hydrogen (secondary N) is 2. The molecular weight excluding hydrogens is 487 g/mol. The van der Waals surface area contributed by atoms with Crippen LogP contribution in [0.15, 0.2) is 54.9 Å². The van der Waals surface area contributed by atoms with Crippen molar-refractivity contribution in [1.29, 1.82) is 0 Å². The summed E-state index contributed by atoms with van der Waals surface area (Å²) >= 11 is 0. The highest BCUT2D eigenvalue weighted by atomic mass is 19.1. The van der Waals surface area contributed by atoms with Crippen molar-refractivity contribution in [3.63, 3.8) is 0 Å². The van der Waals surface area contributed by atoms with Crippen LogP contribution in [0.4, 0.5) is 10.1 Å². The summed E-state index contributed by atoms with van der Waals surface area (Å²) in [6, 6.07) is 13.7. The van der Waals surface area contributed by atoms with Crippen LogP contribution >= 0.6 is 0 Å². The van der Waals surface area contributed by atoms with E-state index in [0.29, 0.717) is 13.0 Å². The van der Waals surface area contributed by atoms with Gasteiger partial charge in [0.05, 0.1) is 12.9 Å². The first-order chi connectivity index (χ1) is 18.1. The second-order valence-electron chi connectivity index (χ2n) is 9.85. The summed E-state index contributed by atoms with van der Waals surface area (Å²) in [6.07, 6.45) is 2.06. The summed E-state index contributed by atoms with van der Waals surface area (Å²) in [6.45, 7) is 4.60.